The Balaban J connectivity index is 2.39. The van der Waals surface area contributed by atoms with Crippen LogP contribution in [0.4, 0.5) is 11.4 Å². The highest BCUT2D eigenvalue weighted by molar-refractivity contribution is 6.11. The molecule has 8 nitrogen and oxygen atoms in total. The molecule has 0 spiro atoms. The van der Waals surface area contributed by atoms with Gasteiger partial charge in [0.05, 0.1) is 28.8 Å². The summed E-state index contributed by atoms with van der Waals surface area (Å²) in [5.41, 5.74) is -0.387. The van der Waals surface area contributed by atoms with Gasteiger partial charge < -0.3 is 15.2 Å². The minimum absolute atomic E-state index is 0.0615. The normalized spacial score (nSPS) is 9.96. The number of methoxy groups -OCH3 is 1. The minimum Gasteiger partial charge on any atom is -0.495 e. The largest absolute Gasteiger partial charge is 0.495 e. The van der Waals surface area contributed by atoms with Gasteiger partial charge in [-0.25, -0.2) is 4.79 Å². The van der Waals surface area contributed by atoms with E-state index in [1.54, 1.807) is 0 Å². The monoisotopic (exact) mass is 316 g/mol. The standard InChI is InChI=1S/C15H12N2O6/c1-23-13-7-6-9(17(21)22)8-12(13)16-14(18)10-4-2-3-5-11(10)15(19)20/h2-8H,1H3,(H,16,18)(H,19,20). The number of amides is 1. The number of hydrogen-bond donors (Lipinski definition) is 2. The number of carbonyl (C=O) groups is 2. The summed E-state index contributed by atoms with van der Waals surface area (Å²) in [6.07, 6.45) is 0. The molecule has 2 aromatic carbocycles. The molecule has 0 saturated heterocycles. The van der Waals surface area contributed by atoms with Crippen LogP contribution in [-0.4, -0.2) is 29.0 Å². The fraction of sp³-hybridized carbons (Fsp3) is 0.0667. The molecule has 0 atom stereocenters. The second kappa shape index (κ2) is 6.56. The first-order valence-corrected chi connectivity index (χ1v) is 6.40. The van der Waals surface area contributed by atoms with Crippen LogP contribution in [-0.2, 0) is 0 Å². The van der Waals surface area contributed by atoms with Crippen molar-refractivity contribution in [3.05, 3.63) is 63.7 Å². The zero-order valence-electron chi connectivity index (χ0n) is 12.0. The average molecular weight is 316 g/mol. The molecule has 0 aliphatic rings. The molecule has 0 unspecified atom stereocenters. The Bertz CT molecular complexity index is 787. The highest BCUT2D eigenvalue weighted by Gasteiger charge is 2.18. The highest BCUT2D eigenvalue weighted by atomic mass is 16.6. The van der Waals surface area contributed by atoms with Gasteiger partial charge in [-0.15, -0.1) is 0 Å². The number of nitro groups is 1. The maximum absolute atomic E-state index is 12.3. The number of carboxylic acids is 1. The van der Waals surface area contributed by atoms with Crippen molar-refractivity contribution >= 4 is 23.3 Å². The summed E-state index contributed by atoms with van der Waals surface area (Å²) in [5.74, 6) is -1.74. The molecule has 23 heavy (non-hydrogen) atoms. The number of aromatic carboxylic acids is 1. The summed E-state index contributed by atoms with van der Waals surface area (Å²) < 4.78 is 5.04. The van der Waals surface area contributed by atoms with E-state index in [1.165, 1.54) is 43.5 Å². The van der Waals surface area contributed by atoms with Crippen LogP contribution >= 0.6 is 0 Å². The average Bonchev–Trinajstić information content (AvgIpc) is 2.54. The van der Waals surface area contributed by atoms with E-state index in [9.17, 15) is 19.7 Å². The summed E-state index contributed by atoms with van der Waals surface area (Å²) in [4.78, 5) is 33.7. The molecule has 2 aromatic rings. The van der Waals surface area contributed by atoms with Crippen LogP contribution in [0, 0.1) is 10.1 Å². The maximum atomic E-state index is 12.3. The van der Waals surface area contributed by atoms with E-state index >= 15 is 0 Å². The lowest BCUT2D eigenvalue weighted by Crippen LogP contribution is -2.16. The molecule has 0 aliphatic carbocycles. The van der Waals surface area contributed by atoms with Gasteiger partial charge in [-0.1, -0.05) is 12.1 Å². The van der Waals surface area contributed by atoms with Gasteiger partial charge >= 0.3 is 5.97 Å². The summed E-state index contributed by atoms with van der Waals surface area (Å²) in [6, 6.07) is 9.38. The van der Waals surface area contributed by atoms with Crippen LogP contribution in [0.3, 0.4) is 0 Å². The molecule has 0 saturated carbocycles. The fourth-order valence-corrected chi connectivity index (χ4v) is 1.96. The summed E-state index contributed by atoms with van der Waals surface area (Å²) in [7, 11) is 1.35. The second-order valence-electron chi connectivity index (χ2n) is 4.45. The Kier molecular flexibility index (Phi) is 4.55. The first-order chi connectivity index (χ1) is 10.9. The van der Waals surface area contributed by atoms with Crippen molar-refractivity contribution < 1.29 is 24.4 Å². The third-order valence-corrected chi connectivity index (χ3v) is 3.04. The number of non-ortho nitro benzene ring substituents is 1. The molecule has 1 amide bonds. The number of nitrogens with one attached hydrogen (secondary N) is 1. The number of carbonyl (C=O) groups excluding carboxylic acids is 1. The fourth-order valence-electron chi connectivity index (χ4n) is 1.96. The third kappa shape index (κ3) is 3.43. The maximum Gasteiger partial charge on any atom is 0.336 e. The molecular weight excluding hydrogens is 304 g/mol. The van der Waals surface area contributed by atoms with Gasteiger partial charge in [-0.3, -0.25) is 14.9 Å². The zero-order chi connectivity index (χ0) is 17.0. The zero-order valence-corrected chi connectivity index (χ0v) is 12.0. The van der Waals surface area contributed by atoms with E-state index in [4.69, 9.17) is 9.84 Å². The van der Waals surface area contributed by atoms with E-state index in [-0.39, 0.29) is 28.3 Å². The third-order valence-electron chi connectivity index (χ3n) is 3.04. The molecule has 0 fully saturated rings. The van der Waals surface area contributed by atoms with Crippen LogP contribution < -0.4 is 10.1 Å². The van der Waals surface area contributed by atoms with Gasteiger partial charge in [0, 0.05) is 12.1 Å². The number of nitrogens with zero attached hydrogens (tertiary/aromatic N) is 1. The molecule has 8 heteroatoms. The van der Waals surface area contributed by atoms with E-state index in [0.717, 1.165) is 6.07 Å². The number of rotatable bonds is 5. The van der Waals surface area contributed by atoms with Crippen LogP contribution in [0.1, 0.15) is 20.7 Å². The van der Waals surface area contributed by atoms with Crippen LogP contribution in [0.15, 0.2) is 42.5 Å². The molecule has 0 bridgehead atoms. The predicted molar refractivity (Wildman–Crippen MR) is 81.0 cm³/mol. The Morgan fingerprint density at radius 1 is 1.17 bits per heavy atom. The molecular formula is C15H12N2O6. The Morgan fingerprint density at radius 3 is 2.39 bits per heavy atom. The number of carboxylic acid groups (broad SMARTS) is 1. The van der Waals surface area contributed by atoms with Crippen LogP contribution in [0.25, 0.3) is 0 Å². The number of anilines is 1. The molecule has 0 radical (unpaired) electrons. The summed E-state index contributed by atoms with van der Waals surface area (Å²) in [5, 5.41) is 22.4. The smallest absolute Gasteiger partial charge is 0.336 e. The van der Waals surface area contributed by atoms with Crippen molar-refractivity contribution in [3.8, 4) is 5.75 Å². The van der Waals surface area contributed by atoms with Gasteiger partial charge in [0.2, 0.25) is 0 Å². The molecule has 0 heterocycles. The van der Waals surface area contributed by atoms with Crippen molar-refractivity contribution in [2.45, 2.75) is 0 Å². The molecule has 0 aromatic heterocycles. The van der Waals surface area contributed by atoms with Crippen molar-refractivity contribution in [2.24, 2.45) is 0 Å². The molecule has 118 valence electrons. The number of benzene rings is 2. The second-order valence-corrected chi connectivity index (χ2v) is 4.45. The SMILES string of the molecule is COc1ccc([N+](=O)[O-])cc1NC(=O)c1ccccc1C(=O)O. The van der Waals surface area contributed by atoms with E-state index in [2.05, 4.69) is 5.32 Å². The van der Waals surface area contributed by atoms with Gasteiger partial charge in [-0.05, 0) is 18.2 Å². The van der Waals surface area contributed by atoms with Gasteiger partial charge in [0.25, 0.3) is 11.6 Å². The topological polar surface area (TPSA) is 119 Å². The van der Waals surface area contributed by atoms with Gasteiger partial charge in [0.1, 0.15) is 5.75 Å². The Labute approximate surface area is 130 Å². The van der Waals surface area contributed by atoms with Crippen molar-refractivity contribution in [2.75, 3.05) is 12.4 Å². The van der Waals surface area contributed by atoms with Crippen molar-refractivity contribution in [1.29, 1.82) is 0 Å². The van der Waals surface area contributed by atoms with E-state index in [0.29, 0.717) is 0 Å². The first-order valence-electron chi connectivity index (χ1n) is 6.40. The Morgan fingerprint density at radius 2 is 1.83 bits per heavy atom. The predicted octanol–water partition coefficient (Wildman–Crippen LogP) is 2.55. The molecule has 2 rings (SSSR count). The lowest BCUT2D eigenvalue weighted by atomic mass is 10.1. The van der Waals surface area contributed by atoms with Gasteiger partial charge in [0.15, 0.2) is 0 Å². The van der Waals surface area contributed by atoms with Crippen molar-refractivity contribution in [3.63, 3.8) is 0 Å². The summed E-state index contributed by atoms with van der Waals surface area (Å²) >= 11 is 0. The number of ether oxygens (including phenoxy) is 1. The highest BCUT2D eigenvalue weighted by Crippen LogP contribution is 2.29. The summed E-state index contributed by atoms with van der Waals surface area (Å²) in [6.45, 7) is 0. The van der Waals surface area contributed by atoms with Gasteiger partial charge in [-0.2, -0.15) is 0 Å². The first kappa shape index (κ1) is 16.0. The van der Waals surface area contributed by atoms with E-state index in [1.807, 2.05) is 0 Å². The quantitative estimate of drug-likeness (QED) is 0.646. The number of hydrogen-bond acceptors (Lipinski definition) is 5. The van der Waals surface area contributed by atoms with Crippen molar-refractivity contribution in [1.82, 2.24) is 0 Å². The Hall–Kier alpha value is -3.42. The molecule has 2 N–H and O–H groups in total. The minimum atomic E-state index is -1.25. The lowest BCUT2D eigenvalue weighted by molar-refractivity contribution is -0.384. The van der Waals surface area contributed by atoms with Crippen LogP contribution in [0.2, 0.25) is 0 Å². The van der Waals surface area contributed by atoms with Crippen LogP contribution in [0.5, 0.6) is 5.75 Å². The molecule has 0 aliphatic heterocycles. The lowest BCUT2D eigenvalue weighted by Gasteiger charge is -2.11. The van der Waals surface area contributed by atoms with E-state index < -0.39 is 16.8 Å². The number of nitro benzene ring substituents is 1.